The molecule has 0 saturated carbocycles. The maximum Gasteiger partial charge on any atom is 0.0317 e. The summed E-state index contributed by atoms with van der Waals surface area (Å²) in [5, 5.41) is 0. The molecular formula is C19H23. The maximum absolute atomic E-state index is 3.78. The first kappa shape index (κ1) is 12.7. The normalized spacial score (nSPS) is 25.7. The first-order chi connectivity index (χ1) is 8.91. The van der Waals surface area contributed by atoms with Gasteiger partial charge in [0, 0.05) is 11.8 Å². The van der Waals surface area contributed by atoms with E-state index in [0.29, 0.717) is 17.8 Å². The minimum Gasteiger partial charge on any atom is -0.0622 e. The van der Waals surface area contributed by atoms with Crippen molar-refractivity contribution in [2.75, 3.05) is 0 Å². The van der Waals surface area contributed by atoms with Gasteiger partial charge in [-0.1, -0.05) is 65.0 Å². The molecule has 0 spiro atoms. The Kier molecular flexibility index (Phi) is 2.74. The lowest BCUT2D eigenvalue weighted by Crippen LogP contribution is -2.27. The minimum atomic E-state index is 0.257. The molecule has 1 radical (unpaired) electrons. The second-order valence-electron chi connectivity index (χ2n) is 7.20. The largest absolute Gasteiger partial charge is 0.0622 e. The van der Waals surface area contributed by atoms with Crippen molar-refractivity contribution < 1.29 is 0 Å². The molecule has 1 aromatic carbocycles. The summed E-state index contributed by atoms with van der Waals surface area (Å²) in [5.74, 6) is 1.72. The van der Waals surface area contributed by atoms with E-state index in [9.17, 15) is 0 Å². The lowest BCUT2D eigenvalue weighted by atomic mass is 9.63. The van der Waals surface area contributed by atoms with Gasteiger partial charge in [0.2, 0.25) is 0 Å². The van der Waals surface area contributed by atoms with Gasteiger partial charge in [-0.2, -0.15) is 0 Å². The van der Waals surface area contributed by atoms with Gasteiger partial charge in [0.25, 0.3) is 0 Å². The summed E-state index contributed by atoms with van der Waals surface area (Å²) in [5.41, 5.74) is 6.40. The van der Waals surface area contributed by atoms with E-state index >= 15 is 0 Å². The average molecular weight is 251 g/mol. The Balaban J connectivity index is 2.05. The quantitative estimate of drug-likeness (QED) is 0.682. The van der Waals surface area contributed by atoms with Crippen LogP contribution >= 0.6 is 0 Å². The molecule has 2 unspecified atom stereocenters. The third kappa shape index (κ3) is 1.81. The predicted molar refractivity (Wildman–Crippen MR) is 80.7 cm³/mol. The van der Waals surface area contributed by atoms with Gasteiger partial charge < -0.3 is 0 Å². The van der Waals surface area contributed by atoms with Crippen molar-refractivity contribution >= 4 is 0 Å². The Morgan fingerprint density at radius 1 is 1.05 bits per heavy atom. The van der Waals surface area contributed by atoms with E-state index in [1.165, 1.54) is 11.1 Å². The lowest BCUT2D eigenvalue weighted by Gasteiger charge is -2.40. The third-order valence-electron chi connectivity index (χ3n) is 4.35. The van der Waals surface area contributed by atoms with E-state index in [4.69, 9.17) is 0 Å². The van der Waals surface area contributed by atoms with Gasteiger partial charge >= 0.3 is 0 Å². The third-order valence-corrected chi connectivity index (χ3v) is 4.35. The monoisotopic (exact) mass is 251 g/mol. The number of hydrogen-bond donors (Lipinski definition) is 0. The van der Waals surface area contributed by atoms with Gasteiger partial charge in [0.05, 0.1) is 0 Å². The van der Waals surface area contributed by atoms with Gasteiger partial charge in [-0.3, -0.25) is 0 Å². The molecule has 3 aliphatic carbocycles. The lowest BCUT2D eigenvalue weighted by molar-refractivity contribution is 0.452. The van der Waals surface area contributed by atoms with Gasteiger partial charge in [0.1, 0.15) is 0 Å². The summed E-state index contributed by atoms with van der Waals surface area (Å²) in [6.07, 6.45) is 3.78. The van der Waals surface area contributed by atoms with Crippen LogP contribution in [-0.2, 0) is 0 Å². The topological polar surface area (TPSA) is 0 Å². The number of allylic oxidation sites excluding steroid dienone is 4. The molecule has 99 valence electrons. The predicted octanol–water partition coefficient (Wildman–Crippen LogP) is 5.14. The molecule has 1 aromatic rings. The van der Waals surface area contributed by atoms with Crippen LogP contribution in [0.5, 0.6) is 0 Å². The molecule has 0 heterocycles. The number of rotatable bonds is 2. The van der Waals surface area contributed by atoms with Crippen molar-refractivity contribution in [3.05, 3.63) is 58.7 Å². The summed E-state index contributed by atoms with van der Waals surface area (Å²) in [4.78, 5) is 0. The Labute approximate surface area is 117 Å². The molecule has 0 nitrogen and oxygen atoms in total. The zero-order chi connectivity index (χ0) is 13.8. The summed E-state index contributed by atoms with van der Waals surface area (Å²) in [6.45, 7) is 11.6. The Bertz CT molecular complexity index is 549. The first-order valence-electron chi connectivity index (χ1n) is 7.34. The summed E-state index contributed by atoms with van der Waals surface area (Å²) >= 11 is 0. The van der Waals surface area contributed by atoms with Crippen LogP contribution in [0.25, 0.3) is 0 Å². The van der Waals surface area contributed by atoms with Crippen LogP contribution in [0.4, 0.5) is 0 Å². The van der Waals surface area contributed by atoms with Crippen LogP contribution < -0.4 is 0 Å². The molecule has 0 saturated heterocycles. The number of hydrogen-bond acceptors (Lipinski definition) is 0. The summed E-state index contributed by atoms with van der Waals surface area (Å²) in [6, 6.07) is 10.9. The highest BCUT2D eigenvalue weighted by Gasteiger charge is 2.49. The van der Waals surface area contributed by atoms with E-state index in [2.05, 4.69) is 71.0 Å². The maximum atomic E-state index is 3.78. The average Bonchev–Trinajstić information content (AvgIpc) is 2.85. The van der Waals surface area contributed by atoms with Gasteiger partial charge in [-0.05, 0) is 39.7 Å². The van der Waals surface area contributed by atoms with Crippen molar-refractivity contribution in [2.24, 2.45) is 17.3 Å². The molecule has 2 atom stereocenters. The molecule has 2 bridgehead atoms. The standard InChI is InChI=1S/C19H23/c1-12(2)14-11-15-16(13-9-7-6-8-10-13)17(14)18(15)19(3,4)5/h6-10,12,14,16H,1-5H3. The zero-order valence-corrected chi connectivity index (χ0v) is 12.6. The summed E-state index contributed by atoms with van der Waals surface area (Å²) in [7, 11) is 0. The van der Waals surface area contributed by atoms with Crippen molar-refractivity contribution in [3.8, 4) is 0 Å². The smallest absolute Gasteiger partial charge is 0.0317 e. The Hall–Kier alpha value is -1.30. The highest BCUT2D eigenvalue weighted by atomic mass is 14.5. The highest BCUT2D eigenvalue weighted by Crippen LogP contribution is 2.62. The van der Waals surface area contributed by atoms with Crippen molar-refractivity contribution in [3.63, 3.8) is 0 Å². The van der Waals surface area contributed by atoms with Crippen LogP contribution in [0.1, 0.15) is 46.1 Å². The van der Waals surface area contributed by atoms with E-state index in [1.807, 2.05) is 0 Å². The molecule has 0 aromatic heterocycles. The van der Waals surface area contributed by atoms with Gasteiger partial charge in [-0.25, -0.2) is 0 Å². The van der Waals surface area contributed by atoms with Crippen molar-refractivity contribution in [1.82, 2.24) is 0 Å². The number of benzene rings is 1. The molecule has 0 N–H and O–H groups in total. The molecule has 19 heavy (non-hydrogen) atoms. The molecule has 4 rings (SSSR count). The van der Waals surface area contributed by atoms with Crippen LogP contribution in [-0.4, -0.2) is 0 Å². The Morgan fingerprint density at radius 2 is 1.68 bits per heavy atom. The zero-order valence-electron chi connectivity index (χ0n) is 12.6. The van der Waals surface area contributed by atoms with Crippen molar-refractivity contribution in [2.45, 2.75) is 40.5 Å². The van der Waals surface area contributed by atoms with Crippen LogP contribution in [0.2, 0.25) is 0 Å². The van der Waals surface area contributed by atoms with E-state index < -0.39 is 0 Å². The van der Waals surface area contributed by atoms with E-state index in [-0.39, 0.29) is 5.41 Å². The fourth-order valence-electron chi connectivity index (χ4n) is 3.61. The molecule has 0 fully saturated rings. The number of fused-ring (bicyclic) bond motifs is 1. The van der Waals surface area contributed by atoms with Crippen LogP contribution in [0, 0.1) is 23.3 Å². The fraction of sp³-hybridized carbons (Fsp3) is 0.474. The van der Waals surface area contributed by atoms with Crippen LogP contribution in [0.3, 0.4) is 0 Å². The fourth-order valence-corrected chi connectivity index (χ4v) is 3.61. The summed E-state index contributed by atoms with van der Waals surface area (Å²) < 4.78 is 0. The van der Waals surface area contributed by atoms with Gasteiger partial charge in [0.15, 0.2) is 0 Å². The minimum absolute atomic E-state index is 0.257. The van der Waals surface area contributed by atoms with E-state index in [0.717, 1.165) is 0 Å². The SMILES string of the molecule is CC(C)C1[C]=C2C(C(C)(C)C)=C1C2c1ccccc1. The van der Waals surface area contributed by atoms with Gasteiger partial charge in [-0.15, -0.1) is 0 Å². The highest BCUT2D eigenvalue weighted by molar-refractivity contribution is 5.66. The molecule has 0 aliphatic heterocycles. The van der Waals surface area contributed by atoms with Crippen molar-refractivity contribution in [1.29, 1.82) is 0 Å². The van der Waals surface area contributed by atoms with Crippen LogP contribution in [0.15, 0.2) is 47.1 Å². The molecular weight excluding hydrogens is 228 g/mol. The second-order valence-corrected chi connectivity index (χ2v) is 7.20. The second kappa shape index (κ2) is 4.10. The Morgan fingerprint density at radius 3 is 2.16 bits per heavy atom. The van der Waals surface area contributed by atoms with E-state index in [1.54, 1.807) is 11.1 Å². The first-order valence-corrected chi connectivity index (χ1v) is 7.34. The molecule has 3 aliphatic rings. The molecule has 0 heteroatoms. The molecule has 0 amide bonds.